The van der Waals surface area contributed by atoms with Crippen molar-refractivity contribution in [2.24, 2.45) is 0 Å². The minimum atomic E-state index is -4.84. The van der Waals surface area contributed by atoms with Gasteiger partial charge in [-0.05, 0) is 6.07 Å². The van der Waals surface area contributed by atoms with Crippen LogP contribution >= 0.6 is 15.9 Å². The maximum absolute atomic E-state index is 12.4. The third-order valence-corrected chi connectivity index (χ3v) is 2.43. The summed E-state index contributed by atoms with van der Waals surface area (Å²) in [5, 5.41) is 10.4. The van der Waals surface area contributed by atoms with Gasteiger partial charge in [0.25, 0.3) is 5.69 Å². The second-order valence-corrected chi connectivity index (χ2v) is 3.62. The summed E-state index contributed by atoms with van der Waals surface area (Å²) >= 11 is 2.73. The molecule has 8 heteroatoms. The summed E-state index contributed by atoms with van der Waals surface area (Å²) < 4.78 is 37.1. The number of hydrogen-bond donors (Lipinski definition) is 0. The predicted octanol–water partition coefficient (Wildman–Crippen LogP) is 3.19. The zero-order valence-corrected chi connectivity index (χ0v) is 9.00. The van der Waals surface area contributed by atoms with Crippen LogP contribution in [0.4, 0.5) is 18.9 Å². The number of halogens is 4. The number of benzene rings is 1. The van der Waals surface area contributed by atoms with E-state index in [2.05, 4.69) is 15.9 Å². The predicted molar refractivity (Wildman–Crippen MR) is 51.2 cm³/mol. The van der Waals surface area contributed by atoms with E-state index in [1.807, 2.05) is 0 Å². The molecule has 0 amide bonds. The molecule has 0 saturated carbocycles. The van der Waals surface area contributed by atoms with E-state index >= 15 is 0 Å². The van der Waals surface area contributed by atoms with Gasteiger partial charge < -0.3 is 0 Å². The molecule has 0 N–H and O–H groups in total. The Balaban J connectivity index is 3.55. The molecular formula is C8H3BrF3NO3. The van der Waals surface area contributed by atoms with Gasteiger partial charge in [-0.3, -0.25) is 14.9 Å². The molecule has 0 aliphatic heterocycles. The molecule has 0 fully saturated rings. The lowest BCUT2D eigenvalue weighted by Gasteiger charge is -2.08. The van der Waals surface area contributed by atoms with Gasteiger partial charge in [0.2, 0.25) is 0 Å². The van der Waals surface area contributed by atoms with Crippen LogP contribution in [0.25, 0.3) is 0 Å². The second-order valence-electron chi connectivity index (χ2n) is 2.76. The molecule has 0 aromatic heterocycles. The molecule has 1 aromatic carbocycles. The van der Waals surface area contributed by atoms with Gasteiger partial charge in [0.15, 0.2) is 6.29 Å². The molecule has 0 heterocycles. The summed E-state index contributed by atoms with van der Waals surface area (Å²) in [7, 11) is 0. The van der Waals surface area contributed by atoms with Crippen LogP contribution in [-0.4, -0.2) is 11.2 Å². The number of alkyl halides is 3. The highest BCUT2D eigenvalue weighted by Crippen LogP contribution is 2.38. The Bertz CT molecular complexity index is 459. The topological polar surface area (TPSA) is 60.2 Å². The van der Waals surface area contributed by atoms with Crippen molar-refractivity contribution in [1.82, 2.24) is 0 Å². The molecule has 86 valence electrons. The molecule has 0 saturated heterocycles. The van der Waals surface area contributed by atoms with Gasteiger partial charge in [0, 0.05) is 16.1 Å². The minimum absolute atomic E-state index is 0.138. The Morgan fingerprint density at radius 2 is 1.94 bits per heavy atom. The van der Waals surface area contributed by atoms with Crippen LogP contribution in [0.1, 0.15) is 15.9 Å². The SMILES string of the molecule is O=Cc1cc([N+](=O)[O-])c(C(F)(F)F)cc1Br. The van der Waals surface area contributed by atoms with Crippen molar-refractivity contribution in [3.05, 3.63) is 37.8 Å². The molecule has 0 aliphatic rings. The molecule has 0 aliphatic carbocycles. The average molecular weight is 298 g/mol. The first-order valence-electron chi connectivity index (χ1n) is 3.77. The Morgan fingerprint density at radius 1 is 1.38 bits per heavy atom. The highest BCUT2D eigenvalue weighted by molar-refractivity contribution is 9.10. The minimum Gasteiger partial charge on any atom is -0.298 e. The van der Waals surface area contributed by atoms with Gasteiger partial charge in [-0.1, -0.05) is 15.9 Å². The van der Waals surface area contributed by atoms with Crippen molar-refractivity contribution >= 4 is 27.9 Å². The van der Waals surface area contributed by atoms with Gasteiger partial charge in [0.05, 0.1) is 4.92 Å². The third kappa shape index (κ3) is 2.38. The van der Waals surface area contributed by atoms with Crippen LogP contribution in [0.5, 0.6) is 0 Å². The number of rotatable bonds is 2. The van der Waals surface area contributed by atoms with Crippen LogP contribution < -0.4 is 0 Å². The Morgan fingerprint density at radius 3 is 2.31 bits per heavy atom. The van der Waals surface area contributed by atoms with E-state index in [1.54, 1.807) is 0 Å². The van der Waals surface area contributed by atoms with Gasteiger partial charge in [-0.15, -0.1) is 0 Å². The van der Waals surface area contributed by atoms with Crippen molar-refractivity contribution in [3.8, 4) is 0 Å². The highest BCUT2D eigenvalue weighted by atomic mass is 79.9. The van der Waals surface area contributed by atoms with Crippen LogP contribution in [0.3, 0.4) is 0 Å². The van der Waals surface area contributed by atoms with Crippen LogP contribution in [0, 0.1) is 10.1 Å². The molecule has 0 spiro atoms. The number of nitro benzene ring substituents is 1. The summed E-state index contributed by atoms with van der Waals surface area (Å²) in [4.78, 5) is 19.7. The van der Waals surface area contributed by atoms with E-state index in [0.717, 1.165) is 0 Å². The van der Waals surface area contributed by atoms with Crippen molar-refractivity contribution in [1.29, 1.82) is 0 Å². The monoisotopic (exact) mass is 297 g/mol. The summed E-state index contributed by atoms with van der Waals surface area (Å²) in [5.74, 6) is 0. The zero-order chi connectivity index (χ0) is 12.5. The summed E-state index contributed by atoms with van der Waals surface area (Å²) in [5.41, 5.74) is -2.74. The van der Waals surface area contributed by atoms with E-state index < -0.39 is 22.4 Å². The molecule has 1 aromatic rings. The van der Waals surface area contributed by atoms with Crippen LogP contribution in [-0.2, 0) is 6.18 Å². The maximum atomic E-state index is 12.4. The van der Waals surface area contributed by atoms with Crippen LogP contribution in [0.15, 0.2) is 16.6 Å². The lowest BCUT2D eigenvalue weighted by molar-refractivity contribution is -0.388. The Hall–Kier alpha value is -1.44. The number of nitrogens with zero attached hydrogens (tertiary/aromatic N) is 1. The smallest absolute Gasteiger partial charge is 0.298 e. The average Bonchev–Trinajstić information content (AvgIpc) is 2.15. The van der Waals surface area contributed by atoms with Crippen molar-refractivity contribution in [3.63, 3.8) is 0 Å². The van der Waals surface area contributed by atoms with Gasteiger partial charge in [-0.2, -0.15) is 13.2 Å². The second kappa shape index (κ2) is 4.20. The van der Waals surface area contributed by atoms with E-state index in [9.17, 15) is 28.1 Å². The number of aldehydes is 1. The first-order chi connectivity index (χ1) is 7.27. The standard InChI is InChI=1S/C8H3BrF3NO3/c9-6-2-5(8(10,11)12)7(13(15)16)1-4(6)3-14/h1-3H. The molecule has 0 bridgehead atoms. The lowest BCUT2D eigenvalue weighted by Crippen LogP contribution is -2.09. The molecule has 16 heavy (non-hydrogen) atoms. The van der Waals surface area contributed by atoms with Gasteiger partial charge in [-0.25, -0.2) is 0 Å². The molecule has 4 nitrogen and oxygen atoms in total. The van der Waals surface area contributed by atoms with Crippen molar-refractivity contribution in [2.45, 2.75) is 6.18 Å². The first-order valence-corrected chi connectivity index (χ1v) is 4.57. The third-order valence-electron chi connectivity index (χ3n) is 1.74. The fourth-order valence-corrected chi connectivity index (χ4v) is 1.48. The highest BCUT2D eigenvalue weighted by Gasteiger charge is 2.39. The van der Waals surface area contributed by atoms with Gasteiger partial charge >= 0.3 is 6.18 Å². The maximum Gasteiger partial charge on any atom is 0.423 e. The number of hydrogen-bond acceptors (Lipinski definition) is 3. The normalized spacial score (nSPS) is 11.2. The molecule has 0 atom stereocenters. The molecule has 0 radical (unpaired) electrons. The molecular weight excluding hydrogens is 295 g/mol. The summed E-state index contributed by atoms with van der Waals surface area (Å²) in [6, 6.07) is 1.10. The van der Waals surface area contributed by atoms with Crippen molar-refractivity contribution < 1.29 is 22.9 Å². The molecule has 0 unspecified atom stereocenters. The number of carbonyl (C=O) groups excluding carboxylic acids is 1. The Kier molecular flexibility index (Phi) is 3.32. The molecule has 1 rings (SSSR count). The van der Waals surface area contributed by atoms with E-state index in [4.69, 9.17) is 0 Å². The zero-order valence-electron chi connectivity index (χ0n) is 7.42. The van der Waals surface area contributed by atoms with E-state index in [1.165, 1.54) is 0 Å². The van der Waals surface area contributed by atoms with Crippen LogP contribution in [0.2, 0.25) is 0 Å². The summed E-state index contributed by atoms with van der Waals surface area (Å²) in [6.45, 7) is 0. The summed E-state index contributed by atoms with van der Waals surface area (Å²) in [6.07, 6.45) is -4.61. The van der Waals surface area contributed by atoms with Crippen molar-refractivity contribution in [2.75, 3.05) is 0 Å². The number of nitro groups is 1. The van der Waals surface area contributed by atoms with E-state index in [-0.39, 0.29) is 16.3 Å². The fraction of sp³-hybridized carbons (Fsp3) is 0.125. The van der Waals surface area contributed by atoms with Gasteiger partial charge in [0.1, 0.15) is 5.56 Å². The largest absolute Gasteiger partial charge is 0.423 e. The lowest BCUT2D eigenvalue weighted by atomic mass is 10.1. The fourth-order valence-electron chi connectivity index (χ4n) is 1.05. The Labute approximate surface area is 95.3 Å². The quantitative estimate of drug-likeness (QED) is 0.478. The number of carbonyl (C=O) groups is 1. The van der Waals surface area contributed by atoms with E-state index in [0.29, 0.717) is 12.1 Å². The first kappa shape index (κ1) is 12.6.